The fourth-order valence-corrected chi connectivity index (χ4v) is 1.68. The van der Waals surface area contributed by atoms with Gasteiger partial charge in [-0.2, -0.15) is 0 Å². The number of benzene rings is 1. The molecule has 86 valence electrons. The Kier molecular flexibility index (Phi) is 3.05. The lowest BCUT2D eigenvalue weighted by Gasteiger charge is -2.26. The highest BCUT2D eigenvalue weighted by molar-refractivity contribution is 5.99. The van der Waals surface area contributed by atoms with Gasteiger partial charge in [0.15, 0.2) is 0 Å². The second-order valence-electron chi connectivity index (χ2n) is 3.91. The predicted molar refractivity (Wildman–Crippen MR) is 59.3 cm³/mol. The van der Waals surface area contributed by atoms with E-state index in [1.165, 1.54) is 12.1 Å². The lowest BCUT2D eigenvalue weighted by Crippen LogP contribution is -2.39. The van der Waals surface area contributed by atoms with Crippen LogP contribution in [0, 0.1) is 5.82 Å². The first-order chi connectivity index (χ1) is 7.72. The maximum atomic E-state index is 13.3. The Morgan fingerprint density at radius 1 is 1.44 bits per heavy atom. The molecule has 5 heteroatoms. The van der Waals surface area contributed by atoms with E-state index in [0.717, 1.165) is 19.3 Å². The van der Waals surface area contributed by atoms with Gasteiger partial charge in [-0.15, -0.1) is 0 Å². The van der Waals surface area contributed by atoms with Crippen LogP contribution in [0.15, 0.2) is 18.2 Å². The lowest BCUT2D eigenvalue weighted by atomic mass is 9.93. The summed E-state index contributed by atoms with van der Waals surface area (Å²) in [5.74, 6) is 4.39. The van der Waals surface area contributed by atoms with E-state index in [2.05, 4.69) is 10.7 Å². The van der Waals surface area contributed by atoms with Crippen LogP contribution in [0.3, 0.4) is 0 Å². The van der Waals surface area contributed by atoms with Gasteiger partial charge in [-0.05, 0) is 31.4 Å². The van der Waals surface area contributed by atoms with Crippen LogP contribution in [0.25, 0.3) is 0 Å². The zero-order valence-corrected chi connectivity index (χ0v) is 8.79. The molecule has 0 bridgehead atoms. The highest BCUT2D eigenvalue weighted by atomic mass is 19.1. The number of nitrogens with two attached hydrogens (primary N) is 1. The Hall–Kier alpha value is -1.62. The molecule has 1 amide bonds. The minimum Gasteiger partial charge on any atom is -0.349 e. The second kappa shape index (κ2) is 4.49. The summed E-state index contributed by atoms with van der Waals surface area (Å²) >= 11 is 0. The molecule has 0 spiro atoms. The summed E-state index contributed by atoms with van der Waals surface area (Å²) in [6.45, 7) is 0. The number of para-hydroxylation sites is 1. The monoisotopic (exact) mass is 223 g/mol. The maximum absolute atomic E-state index is 13.3. The fraction of sp³-hybridized carbons (Fsp3) is 0.364. The molecule has 1 saturated carbocycles. The van der Waals surface area contributed by atoms with Crippen LogP contribution in [0.1, 0.15) is 29.6 Å². The first-order valence-corrected chi connectivity index (χ1v) is 5.28. The Morgan fingerprint density at radius 3 is 2.75 bits per heavy atom. The molecular formula is C11H14FN3O. The van der Waals surface area contributed by atoms with Crippen LogP contribution in [0.2, 0.25) is 0 Å². The maximum Gasteiger partial charge on any atom is 0.253 e. The lowest BCUT2D eigenvalue weighted by molar-refractivity contribution is 0.0917. The number of halogens is 1. The van der Waals surface area contributed by atoms with Crippen LogP contribution in [0.5, 0.6) is 0 Å². The van der Waals surface area contributed by atoms with E-state index in [1.807, 2.05) is 0 Å². The Morgan fingerprint density at radius 2 is 2.19 bits per heavy atom. The Bertz CT molecular complexity index is 404. The third-order valence-electron chi connectivity index (χ3n) is 2.84. The zero-order valence-electron chi connectivity index (χ0n) is 8.79. The molecule has 1 aromatic carbocycles. The molecule has 16 heavy (non-hydrogen) atoms. The van der Waals surface area contributed by atoms with E-state index in [0.29, 0.717) is 0 Å². The molecule has 1 aliphatic rings. The van der Waals surface area contributed by atoms with Gasteiger partial charge in [-0.25, -0.2) is 4.39 Å². The Balaban J connectivity index is 2.18. The van der Waals surface area contributed by atoms with Crippen molar-refractivity contribution in [3.8, 4) is 0 Å². The first-order valence-electron chi connectivity index (χ1n) is 5.28. The van der Waals surface area contributed by atoms with Crippen LogP contribution in [-0.4, -0.2) is 11.9 Å². The number of rotatable bonds is 3. The van der Waals surface area contributed by atoms with Crippen molar-refractivity contribution in [2.45, 2.75) is 25.3 Å². The van der Waals surface area contributed by atoms with E-state index >= 15 is 0 Å². The summed E-state index contributed by atoms with van der Waals surface area (Å²) < 4.78 is 13.3. The summed E-state index contributed by atoms with van der Waals surface area (Å²) in [5, 5.41) is 2.83. The highest BCUT2D eigenvalue weighted by Gasteiger charge is 2.22. The molecule has 0 heterocycles. The number of nitrogen functional groups attached to an aromatic ring is 1. The van der Waals surface area contributed by atoms with Crippen molar-refractivity contribution in [1.82, 2.24) is 5.32 Å². The van der Waals surface area contributed by atoms with Gasteiger partial charge in [-0.1, -0.05) is 6.07 Å². The number of amides is 1. The largest absolute Gasteiger partial charge is 0.349 e. The number of hydrogen-bond donors (Lipinski definition) is 3. The van der Waals surface area contributed by atoms with Crippen molar-refractivity contribution in [2.24, 2.45) is 5.84 Å². The van der Waals surface area contributed by atoms with Crippen molar-refractivity contribution < 1.29 is 9.18 Å². The van der Waals surface area contributed by atoms with Crippen molar-refractivity contribution >= 4 is 11.6 Å². The van der Waals surface area contributed by atoms with Crippen LogP contribution in [0.4, 0.5) is 10.1 Å². The third-order valence-corrected chi connectivity index (χ3v) is 2.84. The fourth-order valence-electron chi connectivity index (χ4n) is 1.68. The van der Waals surface area contributed by atoms with Crippen molar-refractivity contribution in [2.75, 3.05) is 5.43 Å². The number of nitrogens with one attached hydrogen (secondary N) is 2. The average molecular weight is 223 g/mol. The molecule has 0 unspecified atom stereocenters. The predicted octanol–water partition coefficient (Wildman–Crippen LogP) is 1.39. The van der Waals surface area contributed by atoms with Crippen molar-refractivity contribution in [1.29, 1.82) is 0 Å². The number of hydrazine groups is 1. The normalized spacial score (nSPS) is 15.4. The quantitative estimate of drug-likeness (QED) is 0.536. The van der Waals surface area contributed by atoms with Gasteiger partial charge >= 0.3 is 0 Å². The van der Waals surface area contributed by atoms with E-state index in [-0.39, 0.29) is 23.2 Å². The topological polar surface area (TPSA) is 67.1 Å². The van der Waals surface area contributed by atoms with E-state index in [9.17, 15) is 9.18 Å². The van der Waals surface area contributed by atoms with Gasteiger partial charge in [-0.3, -0.25) is 10.6 Å². The van der Waals surface area contributed by atoms with E-state index < -0.39 is 5.82 Å². The van der Waals surface area contributed by atoms with Crippen molar-refractivity contribution in [3.05, 3.63) is 29.6 Å². The molecule has 0 saturated heterocycles. The van der Waals surface area contributed by atoms with E-state index in [4.69, 9.17) is 5.84 Å². The van der Waals surface area contributed by atoms with Crippen LogP contribution >= 0.6 is 0 Å². The van der Waals surface area contributed by atoms with Gasteiger partial charge in [0.25, 0.3) is 5.91 Å². The molecule has 0 aromatic heterocycles. The summed E-state index contributed by atoms with van der Waals surface area (Å²) in [7, 11) is 0. The van der Waals surface area contributed by atoms with Gasteiger partial charge < -0.3 is 10.7 Å². The summed E-state index contributed by atoms with van der Waals surface area (Å²) in [5.41, 5.74) is 2.50. The van der Waals surface area contributed by atoms with Gasteiger partial charge in [0.1, 0.15) is 5.82 Å². The Labute approximate surface area is 93.0 Å². The second-order valence-corrected chi connectivity index (χ2v) is 3.91. The highest BCUT2D eigenvalue weighted by Crippen LogP contribution is 2.22. The molecule has 2 rings (SSSR count). The average Bonchev–Trinajstić information content (AvgIpc) is 2.22. The molecule has 0 radical (unpaired) electrons. The van der Waals surface area contributed by atoms with Gasteiger partial charge in [0.05, 0.1) is 11.3 Å². The molecular weight excluding hydrogens is 209 g/mol. The van der Waals surface area contributed by atoms with Gasteiger partial charge in [0, 0.05) is 6.04 Å². The summed E-state index contributed by atoms with van der Waals surface area (Å²) in [6.07, 6.45) is 3.12. The molecule has 1 fully saturated rings. The molecule has 0 aliphatic heterocycles. The zero-order chi connectivity index (χ0) is 11.5. The summed E-state index contributed by atoms with van der Waals surface area (Å²) in [6, 6.07) is 4.52. The molecule has 1 aliphatic carbocycles. The third kappa shape index (κ3) is 1.99. The smallest absolute Gasteiger partial charge is 0.253 e. The number of carbonyl (C=O) groups is 1. The van der Waals surface area contributed by atoms with Crippen LogP contribution in [-0.2, 0) is 0 Å². The number of carbonyl (C=O) groups excluding carboxylic acids is 1. The molecule has 0 atom stereocenters. The minimum absolute atomic E-state index is 0.0410. The molecule has 1 aromatic rings. The summed E-state index contributed by atoms with van der Waals surface area (Å²) in [4.78, 5) is 11.8. The number of anilines is 1. The minimum atomic E-state index is -0.524. The van der Waals surface area contributed by atoms with Crippen LogP contribution < -0.4 is 16.6 Å². The van der Waals surface area contributed by atoms with Crippen molar-refractivity contribution in [3.63, 3.8) is 0 Å². The SMILES string of the molecule is NNc1c(F)cccc1C(=O)NC1CCC1. The van der Waals surface area contributed by atoms with E-state index in [1.54, 1.807) is 6.07 Å². The number of hydrogen-bond acceptors (Lipinski definition) is 3. The molecule has 4 N–H and O–H groups in total. The molecule has 4 nitrogen and oxygen atoms in total. The standard InChI is InChI=1S/C11H14FN3O/c12-9-6-2-5-8(10(9)15-13)11(16)14-7-3-1-4-7/h2,5-7,15H,1,3-4,13H2,(H,14,16). The first kappa shape index (κ1) is 10.9. The van der Waals surface area contributed by atoms with Gasteiger partial charge in [0.2, 0.25) is 0 Å².